The van der Waals surface area contributed by atoms with E-state index >= 15 is 0 Å². The van der Waals surface area contributed by atoms with Crippen LogP contribution in [0, 0.1) is 23.2 Å². The SMILES string of the molecule is CCC1CC2CC(C)CC(CCC(=O)NC)(C1)C2. The van der Waals surface area contributed by atoms with E-state index < -0.39 is 0 Å². The standard InChI is InChI=1S/C16H29NO/c1-4-13-8-14-7-12(2)9-16(10-13,11-14)6-5-15(18)17-3/h12-14H,4-11H2,1-3H3,(H,17,18). The van der Waals surface area contributed by atoms with Gasteiger partial charge in [-0.05, 0) is 61.7 Å². The summed E-state index contributed by atoms with van der Waals surface area (Å²) >= 11 is 0. The second kappa shape index (κ2) is 5.63. The lowest BCUT2D eigenvalue weighted by Gasteiger charge is -2.51. The molecule has 2 aliphatic rings. The maximum atomic E-state index is 11.5. The van der Waals surface area contributed by atoms with Gasteiger partial charge in [0.25, 0.3) is 0 Å². The van der Waals surface area contributed by atoms with Gasteiger partial charge in [0.2, 0.25) is 5.91 Å². The van der Waals surface area contributed by atoms with Gasteiger partial charge in [0.05, 0.1) is 0 Å². The highest BCUT2D eigenvalue weighted by Gasteiger charge is 2.44. The van der Waals surface area contributed by atoms with Crippen LogP contribution in [0.5, 0.6) is 0 Å². The van der Waals surface area contributed by atoms with Crippen LogP contribution < -0.4 is 5.32 Å². The number of rotatable bonds is 4. The quantitative estimate of drug-likeness (QED) is 0.810. The van der Waals surface area contributed by atoms with Crippen molar-refractivity contribution < 1.29 is 4.79 Å². The highest BCUT2D eigenvalue weighted by atomic mass is 16.1. The molecule has 104 valence electrons. The number of hydrogen-bond donors (Lipinski definition) is 1. The second-order valence-electron chi connectivity index (χ2n) is 7.00. The van der Waals surface area contributed by atoms with Crippen LogP contribution in [-0.2, 0) is 4.79 Å². The summed E-state index contributed by atoms with van der Waals surface area (Å²) in [4.78, 5) is 11.5. The smallest absolute Gasteiger partial charge is 0.219 e. The predicted octanol–water partition coefficient (Wildman–Crippen LogP) is 3.76. The maximum absolute atomic E-state index is 11.5. The molecule has 0 spiro atoms. The van der Waals surface area contributed by atoms with E-state index in [0.717, 1.165) is 30.6 Å². The summed E-state index contributed by atoms with van der Waals surface area (Å²) in [6.07, 6.45) is 10.2. The van der Waals surface area contributed by atoms with Gasteiger partial charge in [-0.1, -0.05) is 20.3 Å². The van der Waals surface area contributed by atoms with Gasteiger partial charge < -0.3 is 5.32 Å². The van der Waals surface area contributed by atoms with E-state index in [2.05, 4.69) is 19.2 Å². The molecule has 18 heavy (non-hydrogen) atoms. The summed E-state index contributed by atoms with van der Waals surface area (Å²) in [5, 5.41) is 2.77. The van der Waals surface area contributed by atoms with Gasteiger partial charge in [-0.25, -0.2) is 0 Å². The third-order valence-electron chi connectivity index (χ3n) is 5.37. The largest absolute Gasteiger partial charge is 0.359 e. The first-order valence-electron chi connectivity index (χ1n) is 7.77. The molecule has 0 heterocycles. The molecule has 0 radical (unpaired) electrons. The van der Waals surface area contributed by atoms with Crippen LogP contribution in [0.25, 0.3) is 0 Å². The number of carbonyl (C=O) groups is 1. The molecule has 0 saturated heterocycles. The van der Waals surface area contributed by atoms with Crippen LogP contribution in [0.2, 0.25) is 0 Å². The Morgan fingerprint density at radius 3 is 2.72 bits per heavy atom. The Morgan fingerprint density at radius 2 is 2.06 bits per heavy atom. The van der Waals surface area contributed by atoms with E-state index in [1.807, 2.05) is 0 Å². The van der Waals surface area contributed by atoms with Gasteiger partial charge in [-0.2, -0.15) is 0 Å². The number of amides is 1. The molecule has 2 fully saturated rings. The molecule has 0 aliphatic heterocycles. The Bertz CT molecular complexity index is 297. The summed E-state index contributed by atoms with van der Waals surface area (Å²) in [5.74, 6) is 2.95. The fourth-order valence-corrected chi connectivity index (χ4v) is 4.80. The highest BCUT2D eigenvalue weighted by Crippen LogP contribution is 2.55. The predicted molar refractivity (Wildman–Crippen MR) is 75.3 cm³/mol. The molecule has 2 rings (SSSR count). The molecule has 0 aromatic heterocycles. The highest BCUT2D eigenvalue weighted by molar-refractivity contribution is 5.75. The Balaban J connectivity index is 2.03. The lowest BCUT2D eigenvalue weighted by molar-refractivity contribution is -0.122. The molecule has 2 nitrogen and oxygen atoms in total. The fourth-order valence-electron chi connectivity index (χ4n) is 4.80. The van der Waals surface area contributed by atoms with Gasteiger partial charge >= 0.3 is 0 Å². The van der Waals surface area contributed by atoms with E-state index in [4.69, 9.17) is 0 Å². The van der Waals surface area contributed by atoms with Crippen molar-refractivity contribution in [1.29, 1.82) is 0 Å². The van der Waals surface area contributed by atoms with Gasteiger partial charge in [0, 0.05) is 13.5 Å². The molecule has 1 N–H and O–H groups in total. The minimum Gasteiger partial charge on any atom is -0.359 e. The van der Waals surface area contributed by atoms with Gasteiger partial charge in [0.1, 0.15) is 0 Å². The molecule has 2 bridgehead atoms. The van der Waals surface area contributed by atoms with Crippen LogP contribution in [0.3, 0.4) is 0 Å². The number of nitrogens with one attached hydrogen (secondary N) is 1. The van der Waals surface area contributed by atoms with Crippen LogP contribution in [-0.4, -0.2) is 13.0 Å². The lowest BCUT2D eigenvalue weighted by Crippen LogP contribution is -2.40. The Labute approximate surface area is 112 Å². The molecule has 1 amide bonds. The van der Waals surface area contributed by atoms with Crippen molar-refractivity contribution in [2.24, 2.45) is 23.2 Å². The monoisotopic (exact) mass is 251 g/mol. The minimum atomic E-state index is 0.220. The van der Waals surface area contributed by atoms with Crippen molar-refractivity contribution in [2.75, 3.05) is 7.05 Å². The molecular formula is C16H29NO. The summed E-state index contributed by atoms with van der Waals surface area (Å²) in [5.41, 5.74) is 0.494. The third-order valence-corrected chi connectivity index (χ3v) is 5.37. The summed E-state index contributed by atoms with van der Waals surface area (Å²) in [6, 6.07) is 0. The molecule has 2 aliphatic carbocycles. The van der Waals surface area contributed by atoms with Crippen LogP contribution in [0.15, 0.2) is 0 Å². The van der Waals surface area contributed by atoms with E-state index in [-0.39, 0.29) is 5.91 Å². The van der Waals surface area contributed by atoms with E-state index in [1.165, 1.54) is 38.5 Å². The van der Waals surface area contributed by atoms with Crippen molar-refractivity contribution in [3.8, 4) is 0 Å². The van der Waals surface area contributed by atoms with E-state index in [0.29, 0.717) is 5.41 Å². The average Bonchev–Trinajstić information content (AvgIpc) is 2.34. The average molecular weight is 251 g/mol. The molecule has 2 saturated carbocycles. The first-order valence-corrected chi connectivity index (χ1v) is 7.77. The summed E-state index contributed by atoms with van der Waals surface area (Å²) in [6.45, 7) is 4.74. The van der Waals surface area contributed by atoms with Crippen molar-refractivity contribution in [3.63, 3.8) is 0 Å². The summed E-state index contributed by atoms with van der Waals surface area (Å²) < 4.78 is 0. The third kappa shape index (κ3) is 3.07. The number of carbonyl (C=O) groups excluding carboxylic acids is 1. The molecular weight excluding hydrogens is 222 g/mol. The fraction of sp³-hybridized carbons (Fsp3) is 0.938. The summed E-state index contributed by atoms with van der Waals surface area (Å²) in [7, 11) is 1.75. The molecule has 4 atom stereocenters. The van der Waals surface area contributed by atoms with E-state index in [9.17, 15) is 4.79 Å². The lowest BCUT2D eigenvalue weighted by atomic mass is 9.55. The van der Waals surface area contributed by atoms with Crippen LogP contribution >= 0.6 is 0 Å². The zero-order valence-corrected chi connectivity index (χ0v) is 12.3. The molecule has 0 aromatic rings. The Hall–Kier alpha value is -0.530. The van der Waals surface area contributed by atoms with Crippen LogP contribution in [0.4, 0.5) is 0 Å². The topological polar surface area (TPSA) is 29.1 Å². The van der Waals surface area contributed by atoms with Crippen molar-refractivity contribution in [3.05, 3.63) is 0 Å². The van der Waals surface area contributed by atoms with Crippen molar-refractivity contribution >= 4 is 5.91 Å². The zero-order valence-electron chi connectivity index (χ0n) is 12.3. The molecule has 2 heteroatoms. The number of fused-ring (bicyclic) bond motifs is 2. The maximum Gasteiger partial charge on any atom is 0.219 e. The Morgan fingerprint density at radius 1 is 1.28 bits per heavy atom. The first kappa shape index (κ1) is 13.9. The van der Waals surface area contributed by atoms with Gasteiger partial charge in [0.15, 0.2) is 0 Å². The zero-order chi connectivity index (χ0) is 13.2. The van der Waals surface area contributed by atoms with Gasteiger partial charge in [-0.15, -0.1) is 0 Å². The molecule has 4 unspecified atom stereocenters. The first-order chi connectivity index (χ1) is 8.57. The van der Waals surface area contributed by atoms with Crippen LogP contribution in [0.1, 0.15) is 65.2 Å². The Kier molecular flexibility index (Phi) is 4.34. The number of hydrogen-bond acceptors (Lipinski definition) is 1. The normalized spacial score (nSPS) is 39.4. The van der Waals surface area contributed by atoms with Gasteiger partial charge in [-0.3, -0.25) is 4.79 Å². The van der Waals surface area contributed by atoms with E-state index in [1.54, 1.807) is 7.05 Å². The second-order valence-corrected chi connectivity index (χ2v) is 7.00. The molecule has 0 aromatic carbocycles. The van der Waals surface area contributed by atoms with Crippen molar-refractivity contribution in [2.45, 2.75) is 65.2 Å². The minimum absolute atomic E-state index is 0.220. The van der Waals surface area contributed by atoms with Crippen molar-refractivity contribution in [1.82, 2.24) is 5.32 Å².